The molecule has 0 bridgehead atoms. The van der Waals surface area contributed by atoms with E-state index in [9.17, 15) is 9.59 Å². The molecule has 0 radical (unpaired) electrons. The van der Waals surface area contributed by atoms with Crippen LogP contribution in [0.5, 0.6) is 0 Å². The molecule has 0 amide bonds. The van der Waals surface area contributed by atoms with Crippen molar-refractivity contribution >= 4 is 11.9 Å². The van der Waals surface area contributed by atoms with Gasteiger partial charge in [0.1, 0.15) is 6.10 Å². The zero-order valence-electron chi connectivity index (χ0n) is 12.4. The summed E-state index contributed by atoms with van der Waals surface area (Å²) in [6.45, 7) is 3.73. The topological polar surface area (TPSA) is 70.4 Å². The van der Waals surface area contributed by atoms with E-state index in [1.165, 1.54) is 0 Å². The lowest BCUT2D eigenvalue weighted by atomic mass is 10.2. The third-order valence-electron chi connectivity index (χ3n) is 3.45. The fourth-order valence-corrected chi connectivity index (χ4v) is 2.32. The predicted molar refractivity (Wildman–Crippen MR) is 77.7 cm³/mol. The van der Waals surface area contributed by atoms with Crippen LogP contribution in [-0.2, 0) is 14.3 Å². The summed E-state index contributed by atoms with van der Waals surface area (Å²) in [6.07, 6.45) is 3.03. The number of esters is 2. The number of ether oxygens (including phenoxy) is 2. The molecular formula is C16H16N2O4. The van der Waals surface area contributed by atoms with Gasteiger partial charge in [-0.25, -0.2) is 14.3 Å². The SMILES string of the molecule is Cc1cnn(-c2ccc(C(=O)O[C@@H]3C[C@H](C)OC3=O)cc2)c1. The minimum atomic E-state index is -0.809. The van der Waals surface area contributed by atoms with Crippen LogP contribution >= 0.6 is 0 Å². The van der Waals surface area contributed by atoms with Crippen LogP contribution < -0.4 is 0 Å². The van der Waals surface area contributed by atoms with E-state index < -0.39 is 18.0 Å². The largest absolute Gasteiger partial charge is 0.460 e. The van der Waals surface area contributed by atoms with Crippen molar-refractivity contribution in [3.63, 3.8) is 0 Å². The van der Waals surface area contributed by atoms with E-state index in [1.54, 1.807) is 42.1 Å². The van der Waals surface area contributed by atoms with Gasteiger partial charge >= 0.3 is 11.9 Å². The molecule has 0 spiro atoms. The molecule has 2 atom stereocenters. The third-order valence-corrected chi connectivity index (χ3v) is 3.45. The number of aromatic nitrogens is 2. The van der Waals surface area contributed by atoms with E-state index in [-0.39, 0.29) is 6.10 Å². The van der Waals surface area contributed by atoms with Crippen molar-refractivity contribution in [2.45, 2.75) is 32.5 Å². The maximum atomic E-state index is 12.1. The predicted octanol–water partition coefficient (Wildman–Crippen LogP) is 2.04. The van der Waals surface area contributed by atoms with Gasteiger partial charge in [-0.2, -0.15) is 5.10 Å². The highest BCUT2D eigenvalue weighted by Crippen LogP contribution is 2.19. The molecule has 22 heavy (non-hydrogen) atoms. The van der Waals surface area contributed by atoms with Crippen molar-refractivity contribution in [2.24, 2.45) is 0 Å². The van der Waals surface area contributed by atoms with Gasteiger partial charge in [-0.05, 0) is 43.7 Å². The van der Waals surface area contributed by atoms with Crippen LogP contribution in [0.4, 0.5) is 0 Å². The van der Waals surface area contributed by atoms with Crippen LogP contribution in [0.2, 0.25) is 0 Å². The number of carbonyl (C=O) groups is 2. The molecule has 114 valence electrons. The average molecular weight is 300 g/mol. The summed E-state index contributed by atoms with van der Waals surface area (Å²) in [5.41, 5.74) is 2.29. The fourth-order valence-electron chi connectivity index (χ4n) is 2.32. The number of benzene rings is 1. The minimum Gasteiger partial charge on any atom is -0.460 e. The zero-order chi connectivity index (χ0) is 15.7. The molecule has 1 saturated heterocycles. The van der Waals surface area contributed by atoms with Crippen LogP contribution in [0.3, 0.4) is 0 Å². The fraction of sp³-hybridized carbons (Fsp3) is 0.312. The van der Waals surface area contributed by atoms with E-state index in [4.69, 9.17) is 9.47 Å². The molecule has 1 aromatic heterocycles. The molecule has 0 unspecified atom stereocenters. The van der Waals surface area contributed by atoms with Crippen molar-refractivity contribution in [2.75, 3.05) is 0 Å². The molecule has 6 heteroatoms. The van der Waals surface area contributed by atoms with Gasteiger partial charge in [-0.15, -0.1) is 0 Å². The zero-order valence-corrected chi connectivity index (χ0v) is 12.4. The maximum Gasteiger partial charge on any atom is 0.347 e. The van der Waals surface area contributed by atoms with Gasteiger partial charge in [0.05, 0.1) is 17.4 Å². The van der Waals surface area contributed by atoms with Gasteiger partial charge in [-0.3, -0.25) is 0 Å². The molecule has 1 aliphatic heterocycles. The summed E-state index contributed by atoms with van der Waals surface area (Å²) in [7, 11) is 0. The smallest absolute Gasteiger partial charge is 0.347 e. The molecule has 1 aliphatic rings. The van der Waals surface area contributed by atoms with Crippen LogP contribution in [0.1, 0.15) is 29.3 Å². The first-order chi connectivity index (χ1) is 10.5. The summed E-state index contributed by atoms with van der Waals surface area (Å²) in [4.78, 5) is 23.5. The van der Waals surface area contributed by atoms with Crippen LogP contribution in [-0.4, -0.2) is 33.9 Å². The van der Waals surface area contributed by atoms with Crippen molar-refractivity contribution in [1.29, 1.82) is 0 Å². The first-order valence-corrected chi connectivity index (χ1v) is 7.06. The Balaban J connectivity index is 1.70. The lowest BCUT2D eigenvalue weighted by Gasteiger charge is -2.09. The van der Waals surface area contributed by atoms with Gasteiger partial charge in [0.15, 0.2) is 0 Å². The molecule has 6 nitrogen and oxygen atoms in total. The quantitative estimate of drug-likeness (QED) is 0.811. The summed E-state index contributed by atoms with van der Waals surface area (Å²) in [6, 6.07) is 6.86. The van der Waals surface area contributed by atoms with Gasteiger partial charge in [0.25, 0.3) is 0 Å². The number of aryl methyl sites for hydroxylation is 1. The van der Waals surface area contributed by atoms with Gasteiger partial charge in [-0.1, -0.05) is 0 Å². The highest BCUT2D eigenvalue weighted by molar-refractivity contribution is 5.92. The summed E-state index contributed by atoms with van der Waals surface area (Å²) >= 11 is 0. The number of cyclic esters (lactones) is 1. The third kappa shape index (κ3) is 2.86. The molecular weight excluding hydrogens is 284 g/mol. The number of nitrogens with zero attached hydrogens (tertiary/aromatic N) is 2. The first-order valence-electron chi connectivity index (χ1n) is 7.06. The van der Waals surface area contributed by atoms with Crippen molar-refractivity contribution in [3.8, 4) is 5.69 Å². The number of hydrogen-bond donors (Lipinski definition) is 0. The normalized spacial score (nSPS) is 20.7. The number of hydrogen-bond acceptors (Lipinski definition) is 5. The van der Waals surface area contributed by atoms with E-state index in [0.29, 0.717) is 12.0 Å². The molecule has 2 aromatic rings. The molecule has 3 rings (SSSR count). The van der Waals surface area contributed by atoms with Crippen LogP contribution in [0, 0.1) is 6.92 Å². The van der Waals surface area contributed by atoms with Crippen molar-refractivity contribution in [1.82, 2.24) is 9.78 Å². The van der Waals surface area contributed by atoms with Gasteiger partial charge < -0.3 is 9.47 Å². The standard InChI is InChI=1S/C16H16N2O4/c1-10-8-17-18(9-10)13-5-3-12(4-6-13)15(19)22-14-7-11(2)21-16(14)20/h3-6,8-9,11,14H,7H2,1-2H3/t11-,14+/m0/s1. The molecule has 0 N–H and O–H groups in total. The second-order valence-corrected chi connectivity index (χ2v) is 5.39. The average Bonchev–Trinajstić information content (AvgIpc) is 3.05. The lowest BCUT2D eigenvalue weighted by molar-refractivity contribution is -0.147. The van der Waals surface area contributed by atoms with Crippen LogP contribution in [0.15, 0.2) is 36.7 Å². The lowest BCUT2D eigenvalue weighted by Crippen LogP contribution is -2.22. The highest BCUT2D eigenvalue weighted by Gasteiger charge is 2.35. The Bertz CT molecular complexity index is 705. The Morgan fingerprint density at radius 1 is 1.36 bits per heavy atom. The molecule has 1 fully saturated rings. The Morgan fingerprint density at radius 3 is 2.64 bits per heavy atom. The minimum absolute atomic E-state index is 0.212. The number of rotatable bonds is 3. The van der Waals surface area contributed by atoms with Crippen LogP contribution in [0.25, 0.3) is 5.69 Å². The van der Waals surface area contributed by atoms with E-state index in [0.717, 1.165) is 11.3 Å². The molecule has 0 saturated carbocycles. The van der Waals surface area contributed by atoms with E-state index >= 15 is 0 Å². The highest BCUT2D eigenvalue weighted by atomic mass is 16.6. The van der Waals surface area contributed by atoms with E-state index in [1.807, 2.05) is 13.1 Å². The van der Waals surface area contributed by atoms with Crippen molar-refractivity contribution in [3.05, 3.63) is 47.8 Å². The van der Waals surface area contributed by atoms with E-state index in [2.05, 4.69) is 5.10 Å². The summed E-state index contributed by atoms with van der Waals surface area (Å²) in [5.74, 6) is -1.01. The Morgan fingerprint density at radius 2 is 2.09 bits per heavy atom. The summed E-state index contributed by atoms with van der Waals surface area (Å²) in [5, 5.41) is 4.20. The van der Waals surface area contributed by atoms with Gasteiger partial charge in [0.2, 0.25) is 6.10 Å². The molecule has 2 heterocycles. The van der Waals surface area contributed by atoms with Crippen molar-refractivity contribution < 1.29 is 19.1 Å². The maximum absolute atomic E-state index is 12.1. The Hall–Kier alpha value is -2.63. The Labute approximate surface area is 127 Å². The first kappa shape index (κ1) is 14.3. The molecule has 1 aromatic carbocycles. The Kier molecular flexibility index (Phi) is 3.66. The monoisotopic (exact) mass is 300 g/mol. The second kappa shape index (κ2) is 5.63. The summed E-state index contributed by atoms with van der Waals surface area (Å²) < 4.78 is 11.9. The van der Waals surface area contributed by atoms with Gasteiger partial charge in [0, 0.05) is 12.6 Å². The second-order valence-electron chi connectivity index (χ2n) is 5.39. The number of carbonyl (C=O) groups excluding carboxylic acids is 2. The molecule has 0 aliphatic carbocycles.